The van der Waals surface area contributed by atoms with Crippen LogP contribution in [0.3, 0.4) is 0 Å². The first kappa shape index (κ1) is 20.6. The summed E-state index contributed by atoms with van der Waals surface area (Å²) in [5.41, 5.74) is 4.87. The highest BCUT2D eigenvalue weighted by molar-refractivity contribution is 6.32. The third-order valence-electron chi connectivity index (χ3n) is 5.27. The minimum Gasteiger partial charge on any atom is -0.322 e. The lowest BCUT2D eigenvalue weighted by atomic mass is 9.76. The molecule has 3 rings (SSSR count). The van der Waals surface area contributed by atoms with Crippen molar-refractivity contribution in [2.75, 3.05) is 18.9 Å². The van der Waals surface area contributed by atoms with E-state index in [1.165, 1.54) is 35.4 Å². The molecule has 3 nitrogen and oxygen atoms in total. The van der Waals surface area contributed by atoms with Crippen LogP contribution in [0, 0.1) is 5.82 Å². The van der Waals surface area contributed by atoms with Gasteiger partial charge in [-0.25, -0.2) is 4.39 Å². The van der Waals surface area contributed by atoms with E-state index in [9.17, 15) is 9.18 Å². The Morgan fingerprint density at radius 1 is 1.32 bits per heavy atom. The summed E-state index contributed by atoms with van der Waals surface area (Å²) in [5.74, 6) is -0.762. The second kappa shape index (κ2) is 8.06. The quantitative estimate of drug-likeness (QED) is 0.695. The van der Waals surface area contributed by atoms with Crippen molar-refractivity contribution in [3.63, 3.8) is 0 Å². The molecular formula is C23H26ClFN2O. The van der Waals surface area contributed by atoms with Crippen molar-refractivity contribution >= 4 is 29.3 Å². The molecule has 0 atom stereocenters. The zero-order valence-electron chi connectivity index (χ0n) is 16.8. The van der Waals surface area contributed by atoms with Gasteiger partial charge >= 0.3 is 0 Å². The van der Waals surface area contributed by atoms with E-state index >= 15 is 0 Å². The Hall–Kier alpha value is -2.17. The fourth-order valence-corrected chi connectivity index (χ4v) is 4.34. The summed E-state index contributed by atoms with van der Waals surface area (Å²) in [4.78, 5) is 14.8. The molecular weight excluding hydrogens is 375 g/mol. The van der Waals surface area contributed by atoms with Crippen molar-refractivity contribution in [1.82, 2.24) is 4.90 Å². The number of nitrogens with one attached hydrogen (secondary N) is 1. The lowest BCUT2D eigenvalue weighted by molar-refractivity contribution is -0.111. The van der Waals surface area contributed by atoms with Crippen LogP contribution in [0.25, 0.3) is 6.08 Å². The number of anilines is 1. The van der Waals surface area contributed by atoms with Crippen LogP contribution in [0.5, 0.6) is 0 Å². The number of carbonyl (C=O) groups excluding carboxylic acids is 1. The molecule has 1 heterocycles. The molecule has 5 heteroatoms. The van der Waals surface area contributed by atoms with Crippen LogP contribution in [0.2, 0.25) is 5.02 Å². The van der Waals surface area contributed by atoms with Gasteiger partial charge in [0.15, 0.2) is 0 Å². The van der Waals surface area contributed by atoms with Gasteiger partial charge in [0.25, 0.3) is 0 Å². The number of likely N-dealkylation sites (N-methyl/N-ethyl adjacent to an activating group) is 1. The van der Waals surface area contributed by atoms with Crippen molar-refractivity contribution in [2.45, 2.75) is 39.2 Å². The zero-order valence-corrected chi connectivity index (χ0v) is 17.5. The van der Waals surface area contributed by atoms with Gasteiger partial charge in [-0.15, -0.1) is 0 Å². The van der Waals surface area contributed by atoms with Crippen LogP contribution in [-0.2, 0) is 23.2 Å². The van der Waals surface area contributed by atoms with E-state index < -0.39 is 5.82 Å². The molecule has 1 N–H and O–H groups in total. The Bertz CT molecular complexity index is 916. The Morgan fingerprint density at radius 3 is 2.75 bits per heavy atom. The Labute approximate surface area is 171 Å². The topological polar surface area (TPSA) is 32.3 Å². The van der Waals surface area contributed by atoms with Crippen LogP contribution >= 0.6 is 11.6 Å². The molecule has 2 aromatic carbocycles. The van der Waals surface area contributed by atoms with Gasteiger partial charge in [0, 0.05) is 35.8 Å². The average Bonchev–Trinajstić information content (AvgIpc) is 2.60. The highest BCUT2D eigenvalue weighted by Gasteiger charge is 2.32. The van der Waals surface area contributed by atoms with Crippen LogP contribution in [0.4, 0.5) is 10.1 Å². The van der Waals surface area contributed by atoms with Crippen LogP contribution < -0.4 is 5.32 Å². The lowest BCUT2D eigenvalue weighted by Gasteiger charge is -2.39. The first-order valence-corrected chi connectivity index (χ1v) is 9.87. The van der Waals surface area contributed by atoms with Gasteiger partial charge in [-0.1, -0.05) is 44.5 Å². The van der Waals surface area contributed by atoms with Crippen LogP contribution in [0.1, 0.15) is 43.0 Å². The molecule has 0 saturated carbocycles. The fraction of sp³-hybridized carbons (Fsp3) is 0.348. The maximum absolute atomic E-state index is 13.9. The molecule has 0 aliphatic carbocycles. The average molecular weight is 401 g/mol. The minimum atomic E-state index is -0.454. The third-order valence-corrected chi connectivity index (χ3v) is 5.60. The molecule has 1 amide bonds. The number of halogens is 2. The number of fused-ring (bicyclic) bond motifs is 1. The molecule has 28 heavy (non-hydrogen) atoms. The summed E-state index contributed by atoms with van der Waals surface area (Å²) in [5, 5.41) is 3.23. The molecule has 0 spiro atoms. The van der Waals surface area contributed by atoms with Gasteiger partial charge in [-0.2, -0.15) is 0 Å². The van der Waals surface area contributed by atoms with Crippen LogP contribution in [-0.4, -0.2) is 24.4 Å². The fourth-order valence-electron chi connectivity index (χ4n) is 4.12. The SMILES string of the molecule is CCc1c(NC(=O)/C=C/c2c(F)cccc2Cl)ccc2c1CN(C)CC2(C)C. The van der Waals surface area contributed by atoms with E-state index in [-0.39, 0.29) is 21.9 Å². The Kier molecular flexibility index (Phi) is 5.92. The first-order chi connectivity index (χ1) is 13.2. The Morgan fingerprint density at radius 2 is 2.07 bits per heavy atom. The van der Waals surface area contributed by atoms with E-state index in [0.29, 0.717) is 0 Å². The number of hydrogen-bond donors (Lipinski definition) is 1. The summed E-state index contributed by atoms with van der Waals surface area (Å²) in [6.07, 6.45) is 3.55. The summed E-state index contributed by atoms with van der Waals surface area (Å²) < 4.78 is 13.9. The van der Waals surface area contributed by atoms with Crippen molar-refractivity contribution < 1.29 is 9.18 Å². The van der Waals surface area contributed by atoms with Gasteiger partial charge in [-0.05, 0) is 54.4 Å². The molecule has 0 radical (unpaired) electrons. The number of benzene rings is 2. The molecule has 1 aliphatic heterocycles. The highest BCUT2D eigenvalue weighted by Crippen LogP contribution is 2.37. The largest absolute Gasteiger partial charge is 0.322 e. The normalized spacial score (nSPS) is 16.2. The van der Waals surface area contributed by atoms with Crippen molar-refractivity contribution in [2.24, 2.45) is 0 Å². The van der Waals surface area contributed by atoms with Gasteiger partial charge in [-0.3, -0.25) is 4.79 Å². The smallest absolute Gasteiger partial charge is 0.248 e. The third kappa shape index (κ3) is 4.13. The molecule has 148 valence electrons. The Balaban J connectivity index is 1.88. The minimum absolute atomic E-state index is 0.0658. The van der Waals surface area contributed by atoms with Crippen molar-refractivity contribution in [3.05, 3.63) is 69.5 Å². The predicted molar refractivity (Wildman–Crippen MR) is 114 cm³/mol. The molecule has 2 aromatic rings. The van der Waals surface area contributed by atoms with E-state index in [1.54, 1.807) is 6.07 Å². The number of nitrogens with zero attached hydrogens (tertiary/aromatic N) is 1. The molecule has 0 bridgehead atoms. The van der Waals surface area contributed by atoms with E-state index in [2.05, 4.69) is 44.1 Å². The first-order valence-electron chi connectivity index (χ1n) is 9.49. The summed E-state index contributed by atoms with van der Waals surface area (Å²) in [6.45, 7) is 8.47. The maximum atomic E-state index is 13.9. The number of rotatable bonds is 4. The van der Waals surface area contributed by atoms with Gasteiger partial charge < -0.3 is 10.2 Å². The second-order valence-electron chi connectivity index (χ2n) is 7.99. The molecule has 1 aliphatic rings. The molecule has 0 fully saturated rings. The van der Waals surface area contributed by atoms with Crippen LogP contribution in [0.15, 0.2) is 36.4 Å². The second-order valence-corrected chi connectivity index (χ2v) is 8.39. The van der Waals surface area contributed by atoms with Crippen molar-refractivity contribution in [3.8, 4) is 0 Å². The van der Waals surface area contributed by atoms with Gasteiger partial charge in [0.2, 0.25) is 5.91 Å². The summed E-state index contributed by atoms with van der Waals surface area (Å²) in [6, 6.07) is 8.55. The molecule has 0 aromatic heterocycles. The number of amides is 1. The predicted octanol–water partition coefficient (Wildman–Crippen LogP) is 5.42. The zero-order chi connectivity index (χ0) is 20.5. The maximum Gasteiger partial charge on any atom is 0.248 e. The summed E-state index contributed by atoms with van der Waals surface area (Å²) in [7, 11) is 2.12. The molecule has 0 saturated heterocycles. The van der Waals surface area contributed by atoms with E-state index in [0.717, 1.165) is 30.8 Å². The highest BCUT2D eigenvalue weighted by atomic mass is 35.5. The standard InChI is InChI=1S/C23H26ClFN2O/c1-5-15-17-13-27(4)14-23(2,3)18(17)10-11-21(15)26-22(28)12-9-16-19(24)7-6-8-20(16)25/h6-12H,5,13-14H2,1-4H3,(H,26,28)/b12-9+. The molecule has 0 unspecified atom stereocenters. The monoisotopic (exact) mass is 400 g/mol. The number of hydrogen-bond acceptors (Lipinski definition) is 2. The van der Waals surface area contributed by atoms with E-state index in [4.69, 9.17) is 11.6 Å². The lowest BCUT2D eigenvalue weighted by Crippen LogP contribution is -2.40. The van der Waals surface area contributed by atoms with Gasteiger partial charge in [0.05, 0.1) is 5.02 Å². The number of carbonyl (C=O) groups is 1. The summed E-state index contributed by atoms with van der Waals surface area (Å²) >= 11 is 6.01. The van der Waals surface area contributed by atoms with Crippen molar-refractivity contribution in [1.29, 1.82) is 0 Å². The van der Waals surface area contributed by atoms with E-state index in [1.807, 2.05) is 6.07 Å². The van der Waals surface area contributed by atoms with Gasteiger partial charge in [0.1, 0.15) is 5.82 Å².